The molecule has 1 aromatic heterocycles. The molecular weight excluding hydrogens is 304 g/mol. The van der Waals surface area contributed by atoms with E-state index in [1.165, 1.54) is 0 Å². The molecule has 1 aliphatic heterocycles. The first-order chi connectivity index (χ1) is 11.8. The van der Waals surface area contributed by atoms with Crippen LogP contribution in [0.3, 0.4) is 0 Å². The molecular formula is C19H17N2O3+. The highest BCUT2D eigenvalue weighted by Crippen LogP contribution is 2.32. The van der Waals surface area contributed by atoms with Gasteiger partial charge in [-0.05, 0) is 29.1 Å². The molecule has 0 spiro atoms. The van der Waals surface area contributed by atoms with Crippen molar-refractivity contribution >= 4 is 16.7 Å². The fourth-order valence-electron chi connectivity index (χ4n) is 2.75. The van der Waals surface area contributed by atoms with E-state index in [9.17, 15) is 4.79 Å². The molecule has 0 atom stereocenters. The van der Waals surface area contributed by atoms with E-state index in [1.807, 2.05) is 59.4 Å². The average Bonchev–Trinajstić information content (AvgIpc) is 3.07. The van der Waals surface area contributed by atoms with Crippen molar-refractivity contribution in [1.29, 1.82) is 0 Å². The molecule has 1 N–H and O–H groups in total. The van der Waals surface area contributed by atoms with E-state index in [-0.39, 0.29) is 19.2 Å². The lowest BCUT2D eigenvalue weighted by molar-refractivity contribution is -0.683. The quantitative estimate of drug-likeness (QED) is 0.749. The summed E-state index contributed by atoms with van der Waals surface area (Å²) >= 11 is 0. The van der Waals surface area contributed by atoms with Gasteiger partial charge in [0.05, 0.1) is 0 Å². The summed E-state index contributed by atoms with van der Waals surface area (Å²) in [7, 11) is 0. The first-order valence-electron chi connectivity index (χ1n) is 7.81. The lowest BCUT2D eigenvalue weighted by atomic mass is 10.2. The lowest BCUT2D eigenvalue weighted by Crippen LogP contribution is -2.42. The van der Waals surface area contributed by atoms with Gasteiger partial charge in [0.1, 0.15) is 0 Å². The van der Waals surface area contributed by atoms with Crippen molar-refractivity contribution in [3.8, 4) is 11.5 Å². The van der Waals surface area contributed by atoms with Crippen LogP contribution in [0, 0.1) is 0 Å². The van der Waals surface area contributed by atoms with Gasteiger partial charge in [0.15, 0.2) is 23.9 Å². The molecule has 4 rings (SSSR count). The molecule has 0 radical (unpaired) electrons. The average molecular weight is 321 g/mol. The van der Waals surface area contributed by atoms with Crippen molar-refractivity contribution in [2.45, 2.75) is 13.1 Å². The zero-order chi connectivity index (χ0) is 16.4. The van der Waals surface area contributed by atoms with Crippen LogP contribution in [0.5, 0.6) is 11.5 Å². The molecule has 5 heteroatoms. The van der Waals surface area contributed by atoms with Crippen LogP contribution in [0.25, 0.3) is 10.8 Å². The van der Waals surface area contributed by atoms with Crippen LogP contribution in [0.4, 0.5) is 0 Å². The van der Waals surface area contributed by atoms with Crippen LogP contribution in [0.1, 0.15) is 5.56 Å². The molecule has 2 heterocycles. The zero-order valence-corrected chi connectivity index (χ0v) is 13.1. The van der Waals surface area contributed by atoms with Gasteiger partial charge in [0, 0.05) is 18.0 Å². The number of nitrogens with zero attached hydrogens (tertiary/aromatic N) is 1. The third-order valence-electron chi connectivity index (χ3n) is 4.00. The number of fused-ring (bicyclic) bond motifs is 2. The van der Waals surface area contributed by atoms with Gasteiger partial charge in [-0.1, -0.05) is 24.3 Å². The Kier molecular flexibility index (Phi) is 3.75. The van der Waals surface area contributed by atoms with Gasteiger partial charge in [-0.15, -0.1) is 0 Å². The maximum Gasteiger partial charge on any atom is 0.286 e. The molecule has 1 aliphatic rings. The summed E-state index contributed by atoms with van der Waals surface area (Å²) in [5.74, 6) is 1.44. The maximum atomic E-state index is 12.2. The Hall–Kier alpha value is -3.08. The normalized spacial score (nSPS) is 12.3. The first kappa shape index (κ1) is 14.5. The Morgan fingerprint density at radius 1 is 1.04 bits per heavy atom. The van der Waals surface area contributed by atoms with Crippen molar-refractivity contribution in [3.05, 3.63) is 66.5 Å². The van der Waals surface area contributed by atoms with Crippen molar-refractivity contribution in [2.75, 3.05) is 6.79 Å². The summed E-state index contributed by atoms with van der Waals surface area (Å²) in [6, 6.07) is 15.8. The van der Waals surface area contributed by atoms with E-state index in [0.29, 0.717) is 6.54 Å². The fourth-order valence-corrected chi connectivity index (χ4v) is 2.75. The molecule has 3 aromatic rings. The van der Waals surface area contributed by atoms with Gasteiger partial charge in [0.25, 0.3) is 5.91 Å². The number of rotatable bonds is 4. The summed E-state index contributed by atoms with van der Waals surface area (Å²) in [5.41, 5.74) is 0.983. The van der Waals surface area contributed by atoms with Crippen LogP contribution in [0.15, 0.2) is 60.9 Å². The minimum Gasteiger partial charge on any atom is -0.454 e. The van der Waals surface area contributed by atoms with Crippen molar-refractivity contribution in [1.82, 2.24) is 5.32 Å². The summed E-state index contributed by atoms with van der Waals surface area (Å²) in [4.78, 5) is 12.2. The summed E-state index contributed by atoms with van der Waals surface area (Å²) in [6.45, 7) is 1.00. The van der Waals surface area contributed by atoms with E-state index >= 15 is 0 Å². The number of nitrogens with one attached hydrogen (secondary N) is 1. The van der Waals surface area contributed by atoms with Crippen molar-refractivity contribution < 1.29 is 18.8 Å². The lowest BCUT2D eigenvalue weighted by Gasteiger charge is -2.05. The largest absolute Gasteiger partial charge is 0.454 e. The van der Waals surface area contributed by atoms with E-state index < -0.39 is 0 Å². The number of aromatic nitrogens is 1. The Morgan fingerprint density at radius 3 is 2.79 bits per heavy atom. The molecule has 24 heavy (non-hydrogen) atoms. The number of benzene rings is 2. The van der Waals surface area contributed by atoms with E-state index in [0.717, 1.165) is 27.8 Å². The molecule has 0 fully saturated rings. The van der Waals surface area contributed by atoms with Gasteiger partial charge in [-0.25, -0.2) is 0 Å². The zero-order valence-electron chi connectivity index (χ0n) is 13.1. The standard InChI is InChI=1S/C19H16N2O3/c22-19(12-21-8-7-15-3-1-2-4-16(15)11-21)20-10-14-5-6-17-18(9-14)24-13-23-17/h1-9,11H,10,12-13H2/p+1. The first-order valence-corrected chi connectivity index (χ1v) is 7.81. The maximum absolute atomic E-state index is 12.2. The monoisotopic (exact) mass is 321 g/mol. The summed E-state index contributed by atoms with van der Waals surface area (Å²) in [6.07, 6.45) is 3.90. The smallest absolute Gasteiger partial charge is 0.286 e. The molecule has 0 saturated carbocycles. The number of pyridine rings is 1. The van der Waals surface area contributed by atoms with Crippen molar-refractivity contribution in [3.63, 3.8) is 0 Å². The van der Waals surface area contributed by atoms with Crippen LogP contribution in [-0.4, -0.2) is 12.7 Å². The van der Waals surface area contributed by atoms with Crippen LogP contribution in [0.2, 0.25) is 0 Å². The van der Waals surface area contributed by atoms with Gasteiger partial charge in [0.2, 0.25) is 13.3 Å². The number of hydrogen-bond acceptors (Lipinski definition) is 3. The summed E-state index contributed by atoms with van der Waals surface area (Å²) in [5, 5.41) is 5.21. The number of hydrogen-bond donors (Lipinski definition) is 1. The number of carbonyl (C=O) groups excluding carboxylic acids is 1. The Bertz CT molecular complexity index is 908. The van der Waals surface area contributed by atoms with E-state index in [1.54, 1.807) is 0 Å². The predicted octanol–water partition coefficient (Wildman–Crippen LogP) is 2.17. The van der Waals surface area contributed by atoms with Crippen LogP contribution >= 0.6 is 0 Å². The topological polar surface area (TPSA) is 51.4 Å². The molecule has 0 aliphatic carbocycles. The Morgan fingerprint density at radius 2 is 1.88 bits per heavy atom. The highest BCUT2D eigenvalue weighted by molar-refractivity contribution is 5.80. The predicted molar refractivity (Wildman–Crippen MR) is 88.6 cm³/mol. The van der Waals surface area contributed by atoms with Gasteiger partial charge in [-0.3, -0.25) is 4.79 Å². The molecule has 5 nitrogen and oxygen atoms in total. The number of carbonyl (C=O) groups is 1. The minimum absolute atomic E-state index is 0.0343. The highest BCUT2D eigenvalue weighted by Gasteiger charge is 2.14. The van der Waals surface area contributed by atoms with Crippen LogP contribution < -0.4 is 19.4 Å². The second kappa shape index (κ2) is 6.20. The molecule has 0 unspecified atom stereocenters. The molecule has 1 amide bonds. The molecule has 0 bridgehead atoms. The molecule has 120 valence electrons. The SMILES string of the molecule is O=C(C[n+]1ccc2ccccc2c1)NCc1ccc2c(c1)OCO2. The van der Waals surface area contributed by atoms with Gasteiger partial charge < -0.3 is 14.8 Å². The fraction of sp³-hybridized carbons (Fsp3) is 0.158. The second-order valence-electron chi connectivity index (χ2n) is 5.71. The Balaban J connectivity index is 1.39. The van der Waals surface area contributed by atoms with Crippen molar-refractivity contribution in [2.24, 2.45) is 0 Å². The third kappa shape index (κ3) is 3.01. The van der Waals surface area contributed by atoms with Crippen LogP contribution in [-0.2, 0) is 17.9 Å². The Labute approximate surface area is 139 Å². The van der Waals surface area contributed by atoms with E-state index in [2.05, 4.69) is 11.4 Å². The number of amides is 1. The summed E-state index contributed by atoms with van der Waals surface area (Å²) < 4.78 is 12.5. The van der Waals surface area contributed by atoms with Gasteiger partial charge >= 0.3 is 0 Å². The van der Waals surface area contributed by atoms with Gasteiger partial charge in [-0.2, -0.15) is 4.57 Å². The second-order valence-corrected chi connectivity index (χ2v) is 5.71. The molecule has 2 aromatic carbocycles. The third-order valence-corrected chi connectivity index (χ3v) is 4.00. The highest BCUT2D eigenvalue weighted by atomic mass is 16.7. The molecule has 0 saturated heterocycles. The minimum atomic E-state index is -0.0343. The number of ether oxygens (including phenoxy) is 2. The van der Waals surface area contributed by atoms with E-state index in [4.69, 9.17) is 9.47 Å².